The van der Waals surface area contributed by atoms with Gasteiger partial charge in [-0.05, 0) is 31.6 Å². The van der Waals surface area contributed by atoms with Crippen LogP contribution in [0.2, 0.25) is 0 Å². The van der Waals surface area contributed by atoms with E-state index in [1.165, 1.54) is 32.1 Å². The summed E-state index contributed by atoms with van der Waals surface area (Å²) in [6.07, 6.45) is 8.31. The molecule has 4 heteroatoms. The van der Waals surface area contributed by atoms with Crippen LogP contribution in [0.5, 0.6) is 0 Å². The van der Waals surface area contributed by atoms with Gasteiger partial charge >= 0.3 is 0 Å². The fraction of sp³-hybridized carbons (Fsp3) is 0.917. The lowest BCUT2D eigenvalue weighted by atomic mass is 9.96. The number of aliphatic hydroxyl groups is 1. The van der Waals surface area contributed by atoms with Gasteiger partial charge in [0, 0.05) is 6.04 Å². The summed E-state index contributed by atoms with van der Waals surface area (Å²) in [6.45, 7) is 0.455. The Morgan fingerprint density at radius 2 is 1.94 bits per heavy atom. The maximum atomic E-state index is 9.65. The van der Waals surface area contributed by atoms with Crippen molar-refractivity contribution in [1.82, 2.24) is 5.32 Å². The Labute approximate surface area is 97.3 Å². The molecule has 4 N–H and O–H groups in total. The Bertz CT molecular complexity index is 245. The molecule has 2 aliphatic rings. The second-order valence-corrected chi connectivity index (χ2v) is 5.11. The minimum Gasteiger partial charge on any atom is -0.391 e. The molecule has 2 rings (SSSR count). The Hall–Kier alpha value is -0.770. The van der Waals surface area contributed by atoms with Crippen molar-refractivity contribution < 1.29 is 5.11 Å². The zero-order chi connectivity index (χ0) is 11.4. The lowest BCUT2D eigenvalue weighted by Gasteiger charge is -2.23. The number of nitrogens with one attached hydrogen (secondary N) is 1. The largest absolute Gasteiger partial charge is 0.391 e. The van der Waals surface area contributed by atoms with E-state index in [0.717, 1.165) is 12.8 Å². The van der Waals surface area contributed by atoms with Gasteiger partial charge in [-0.2, -0.15) is 0 Å². The fourth-order valence-electron chi connectivity index (χ4n) is 2.32. The molecule has 1 atom stereocenters. The summed E-state index contributed by atoms with van der Waals surface area (Å²) in [4.78, 5) is 4.21. The maximum absolute atomic E-state index is 9.65. The van der Waals surface area contributed by atoms with Crippen molar-refractivity contribution in [3.05, 3.63) is 0 Å². The van der Waals surface area contributed by atoms with Crippen molar-refractivity contribution in [2.24, 2.45) is 16.6 Å². The van der Waals surface area contributed by atoms with Crippen molar-refractivity contribution in [3.63, 3.8) is 0 Å². The van der Waals surface area contributed by atoms with E-state index in [1.54, 1.807) is 0 Å². The minimum absolute atomic E-state index is 0.285. The zero-order valence-electron chi connectivity index (χ0n) is 9.86. The molecule has 0 bridgehead atoms. The van der Waals surface area contributed by atoms with Gasteiger partial charge in [0.25, 0.3) is 0 Å². The predicted octanol–water partition coefficient (Wildman–Crippen LogP) is 0.994. The first-order valence-corrected chi connectivity index (χ1v) is 6.50. The molecule has 2 aliphatic carbocycles. The third-order valence-corrected chi connectivity index (χ3v) is 3.57. The summed E-state index contributed by atoms with van der Waals surface area (Å²) in [5.74, 6) is 0.984. The smallest absolute Gasteiger partial charge is 0.188 e. The van der Waals surface area contributed by atoms with Crippen LogP contribution in [0.25, 0.3) is 0 Å². The Balaban J connectivity index is 1.68. The molecule has 0 aliphatic heterocycles. The van der Waals surface area contributed by atoms with Gasteiger partial charge < -0.3 is 16.2 Å². The number of hydrogen-bond donors (Lipinski definition) is 3. The molecule has 0 amide bonds. The van der Waals surface area contributed by atoms with Crippen molar-refractivity contribution >= 4 is 5.96 Å². The van der Waals surface area contributed by atoms with Crippen LogP contribution < -0.4 is 11.1 Å². The second kappa shape index (κ2) is 5.53. The first kappa shape index (κ1) is 11.7. The summed E-state index contributed by atoms with van der Waals surface area (Å²) in [7, 11) is 0. The molecule has 2 fully saturated rings. The molecular formula is C12H23N3O. The number of guanidine groups is 1. The van der Waals surface area contributed by atoms with E-state index in [0.29, 0.717) is 24.5 Å². The Morgan fingerprint density at radius 3 is 2.56 bits per heavy atom. The highest BCUT2D eigenvalue weighted by Gasteiger charge is 2.29. The number of hydrogen-bond acceptors (Lipinski definition) is 2. The molecule has 0 spiro atoms. The van der Waals surface area contributed by atoms with E-state index < -0.39 is 0 Å². The van der Waals surface area contributed by atoms with Crippen LogP contribution >= 0.6 is 0 Å². The monoisotopic (exact) mass is 225 g/mol. The van der Waals surface area contributed by atoms with Gasteiger partial charge in [-0.1, -0.05) is 19.3 Å². The van der Waals surface area contributed by atoms with Crippen molar-refractivity contribution in [1.29, 1.82) is 0 Å². The van der Waals surface area contributed by atoms with Gasteiger partial charge in [0.05, 0.1) is 12.6 Å². The predicted molar refractivity (Wildman–Crippen MR) is 65.2 cm³/mol. The average Bonchev–Trinajstić information content (AvgIpc) is 3.11. The average molecular weight is 225 g/mol. The molecule has 0 aromatic rings. The first-order chi connectivity index (χ1) is 7.75. The summed E-state index contributed by atoms with van der Waals surface area (Å²) < 4.78 is 0. The van der Waals surface area contributed by atoms with Crippen LogP contribution in [0, 0.1) is 5.92 Å². The standard InChI is InChI=1S/C12H23N3O/c13-12(14-8-11(16)9-6-7-9)15-10-4-2-1-3-5-10/h9-11,16H,1-8H2,(H3,13,14,15). The third kappa shape index (κ3) is 3.67. The Morgan fingerprint density at radius 1 is 1.25 bits per heavy atom. The number of aliphatic hydroxyl groups excluding tert-OH is 1. The van der Waals surface area contributed by atoms with Gasteiger partial charge in [0.15, 0.2) is 5.96 Å². The summed E-state index contributed by atoms with van der Waals surface area (Å²) >= 11 is 0. The number of rotatable bonds is 4. The normalized spacial score (nSPS) is 25.4. The van der Waals surface area contributed by atoms with Gasteiger partial charge in [-0.25, -0.2) is 0 Å². The quantitative estimate of drug-likeness (QED) is 0.493. The summed E-state index contributed by atoms with van der Waals surface area (Å²) in [5.41, 5.74) is 5.80. The van der Waals surface area contributed by atoms with Crippen LogP contribution in [-0.4, -0.2) is 29.8 Å². The second-order valence-electron chi connectivity index (χ2n) is 5.11. The number of aliphatic imine (C=N–C) groups is 1. The maximum Gasteiger partial charge on any atom is 0.188 e. The first-order valence-electron chi connectivity index (χ1n) is 6.50. The van der Waals surface area contributed by atoms with Gasteiger partial charge in [-0.3, -0.25) is 4.99 Å². The number of nitrogens with two attached hydrogens (primary N) is 1. The van der Waals surface area contributed by atoms with Gasteiger partial charge in [-0.15, -0.1) is 0 Å². The van der Waals surface area contributed by atoms with Crippen molar-refractivity contribution in [2.75, 3.05) is 6.54 Å². The molecule has 0 aromatic heterocycles. The van der Waals surface area contributed by atoms with Crippen molar-refractivity contribution in [2.45, 2.75) is 57.1 Å². The molecule has 0 radical (unpaired) electrons. The van der Waals surface area contributed by atoms with E-state index in [2.05, 4.69) is 10.3 Å². The van der Waals surface area contributed by atoms with E-state index in [1.807, 2.05) is 0 Å². The zero-order valence-corrected chi connectivity index (χ0v) is 9.86. The van der Waals surface area contributed by atoms with Crippen LogP contribution in [-0.2, 0) is 0 Å². The Kier molecular flexibility index (Phi) is 4.04. The number of nitrogens with zero attached hydrogens (tertiary/aromatic N) is 1. The van der Waals surface area contributed by atoms with E-state index in [4.69, 9.17) is 5.73 Å². The molecule has 4 nitrogen and oxygen atoms in total. The molecule has 0 aromatic carbocycles. The molecule has 1 unspecified atom stereocenters. The molecule has 0 heterocycles. The van der Waals surface area contributed by atoms with Crippen LogP contribution in [0.1, 0.15) is 44.9 Å². The molecule has 2 saturated carbocycles. The highest BCUT2D eigenvalue weighted by Crippen LogP contribution is 2.32. The summed E-state index contributed by atoms with van der Waals surface area (Å²) in [6, 6.07) is 0.496. The SMILES string of the molecule is NC(=NCC(O)C1CC1)NC1CCCCC1. The van der Waals surface area contributed by atoms with Crippen molar-refractivity contribution in [3.8, 4) is 0 Å². The van der Waals surface area contributed by atoms with Gasteiger partial charge in [0.1, 0.15) is 0 Å². The highest BCUT2D eigenvalue weighted by atomic mass is 16.3. The van der Waals surface area contributed by atoms with E-state index in [-0.39, 0.29) is 6.10 Å². The lowest BCUT2D eigenvalue weighted by Crippen LogP contribution is -2.41. The van der Waals surface area contributed by atoms with E-state index >= 15 is 0 Å². The molecular weight excluding hydrogens is 202 g/mol. The lowest BCUT2D eigenvalue weighted by molar-refractivity contribution is 0.160. The molecule has 0 saturated heterocycles. The fourth-order valence-corrected chi connectivity index (χ4v) is 2.32. The van der Waals surface area contributed by atoms with Gasteiger partial charge in [0.2, 0.25) is 0 Å². The van der Waals surface area contributed by atoms with Crippen LogP contribution in [0.15, 0.2) is 4.99 Å². The highest BCUT2D eigenvalue weighted by molar-refractivity contribution is 5.78. The van der Waals surface area contributed by atoms with Crippen LogP contribution in [0.3, 0.4) is 0 Å². The minimum atomic E-state index is -0.285. The summed E-state index contributed by atoms with van der Waals surface area (Å²) in [5, 5.41) is 12.9. The van der Waals surface area contributed by atoms with Crippen LogP contribution in [0.4, 0.5) is 0 Å². The topological polar surface area (TPSA) is 70.6 Å². The molecule has 92 valence electrons. The molecule has 16 heavy (non-hydrogen) atoms. The van der Waals surface area contributed by atoms with E-state index in [9.17, 15) is 5.11 Å². The third-order valence-electron chi connectivity index (χ3n) is 3.57.